The van der Waals surface area contributed by atoms with Gasteiger partial charge in [0.25, 0.3) is 5.91 Å². The van der Waals surface area contributed by atoms with E-state index in [0.29, 0.717) is 16.5 Å². The second-order valence-electron chi connectivity index (χ2n) is 5.09. The monoisotopic (exact) mass is 340 g/mol. The predicted octanol–water partition coefficient (Wildman–Crippen LogP) is 2.16. The Labute approximate surface area is 132 Å². The molecule has 3 aromatic rings. The summed E-state index contributed by atoms with van der Waals surface area (Å²) in [4.78, 5) is 17.7. The summed E-state index contributed by atoms with van der Waals surface area (Å²) in [5.41, 5.74) is 6.47. The number of nitrogens with zero attached hydrogens (tertiary/aromatic N) is 2. The minimum atomic E-state index is -4.71. The van der Waals surface area contributed by atoms with Crippen molar-refractivity contribution in [2.75, 3.05) is 0 Å². The molecule has 126 valence electrons. The third-order valence-corrected chi connectivity index (χ3v) is 3.45. The molecule has 2 aromatic heterocycles. The molecule has 0 fully saturated rings. The van der Waals surface area contributed by atoms with E-state index >= 15 is 0 Å². The molecule has 0 aliphatic heterocycles. The van der Waals surface area contributed by atoms with Crippen molar-refractivity contribution in [1.82, 2.24) is 15.1 Å². The van der Waals surface area contributed by atoms with Crippen molar-refractivity contribution in [1.29, 1.82) is 0 Å². The molecule has 0 spiro atoms. The summed E-state index contributed by atoms with van der Waals surface area (Å²) in [6, 6.07) is 4.43. The molecule has 24 heavy (non-hydrogen) atoms. The molecule has 0 unspecified atom stereocenters. The minimum Gasteiger partial charge on any atom is -0.508 e. The summed E-state index contributed by atoms with van der Waals surface area (Å²) in [6.45, 7) is 0. The first-order valence-corrected chi connectivity index (χ1v) is 6.79. The first-order valence-electron chi connectivity index (χ1n) is 6.79. The van der Waals surface area contributed by atoms with Gasteiger partial charge in [0.15, 0.2) is 5.82 Å². The normalized spacial score (nSPS) is 12.0. The van der Waals surface area contributed by atoms with Crippen LogP contribution in [0.25, 0.3) is 10.9 Å². The van der Waals surface area contributed by atoms with Gasteiger partial charge in [0.05, 0.1) is 0 Å². The zero-order chi connectivity index (χ0) is 17.5. The number of aromatic hydroxyl groups is 1. The van der Waals surface area contributed by atoms with Crippen molar-refractivity contribution < 1.29 is 27.6 Å². The first-order chi connectivity index (χ1) is 11.3. The van der Waals surface area contributed by atoms with Gasteiger partial charge in [-0.3, -0.25) is 4.79 Å². The number of phenolic OH excluding ortho intramolecular Hbond substituents is 1. The smallest absolute Gasteiger partial charge is 0.471 e. The van der Waals surface area contributed by atoms with Gasteiger partial charge in [-0.25, -0.2) is 0 Å². The molecule has 2 heterocycles. The number of aryl methyl sites for hydroxylation is 2. The number of H-pyrrole nitrogens is 1. The number of carbonyl (C=O) groups excluding carboxylic acids is 1. The summed E-state index contributed by atoms with van der Waals surface area (Å²) < 4.78 is 41.5. The van der Waals surface area contributed by atoms with Crippen LogP contribution in [0.3, 0.4) is 0 Å². The van der Waals surface area contributed by atoms with Crippen LogP contribution in [-0.2, 0) is 19.0 Å². The molecule has 0 atom stereocenters. The Morgan fingerprint density at radius 3 is 2.71 bits per heavy atom. The van der Waals surface area contributed by atoms with Gasteiger partial charge in [0.2, 0.25) is 0 Å². The highest BCUT2D eigenvalue weighted by Crippen LogP contribution is 2.29. The molecule has 10 heteroatoms. The third kappa shape index (κ3) is 2.90. The number of carbonyl (C=O) groups is 1. The fourth-order valence-corrected chi connectivity index (χ4v) is 2.41. The molecule has 4 N–H and O–H groups in total. The van der Waals surface area contributed by atoms with Crippen LogP contribution in [0, 0.1) is 0 Å². The van der Waals surface area contributed by atoms with E-state index < -0.39 is 18.0 Å². The average Bonchev–Trinajstić information content (AvgIpc) is 3.08. The van der Waals surface area contributed by atoms with Gasteiger partial charge in [-0.15, -0.1) is 0 Å². The fourth-order valence-electron chi connectivity index (χ4n) is 2.41. The molecule has 0 radical (unpaired) electrons. The number of phenols is 1. The van der Waals surface area contributed by atoms with Crippen LogP contribution in [0.2, 0.25) is 0 Å². The maximum Gasteiger partial charge on any atom is 0.471 e. The molecular formula is C14H11F3N4O3. The van der Waals surface area contributed by atoms with E-state index in [0.717, 1.165) is 0 Å². The van der Waals surface area contributed by atoms with Crippen molar-refractivity contribution in [3.63, 3.8) is 0 Å². The number of hydrogen-bond acceptors (Lipinski definition) is 5. The number of aromatic nitrogens is 3. The number of nitrogens with two attached hydrogens (primary N) is 1. The fraction of sp³-hybridized carbons (Fsp3) is 0.214. The van der Waals surface area contributed by atoms with E-state index in [9.17, 15) is 23.1 Å². The molecule has 7 nitrogen and oxygen atoms in total. The van der Waals surface area contributed by atoms with Crippen molar-refractivity contribution in [2.24, 2.45) is 5.73 Å². The number of hydrogen-bond donors (Lipinski definition) is 3. The van der Waals surface area contributed by atoms with Crippen LogP contribution in [0.4, 0.5) is 13.2 Å². The molecule has 3 rings (SSSR count). The van der Waals surface area contributed by atoms with E-state index in [-0.39, 0.29) is 30.1 Å². The van der Waals surface area contributed by atoms with Gasteiger partial charge in [-0.05, 0) is 30.2 Å². The number of amides is 1. The number of alkyl halides is 3. The topological polar surface area (TPSA) is 118 Å². The van der Waals surface area contributed by atoms with E-state index in [1.54, 1.807) is 6.07 Å². The SMILES string of the molecule is NC(=O)c1[nH]c2ccc(O)cc2c1CCc1noc(C(F)(F)F)n1. The van der Waals surface area contributed by atoms with E-state index in [1.165, 1.54) is 12.1 Å². The second-order valence-corrected chi connectivity index (χ2v) is 5.09. The lowest BCUT2D eigenvalue weighted by Gasteiger charge is -2.00. The molecule has 0 aliphatic carbocycles. The highest BCUT2D eigenvalue weighted by atomic mass is 19.4. The summed E-state index contributed by atoms with van der Waals surface area (Å²) in [5, 5.41) is 13.4. The second kappa shape index (κ2) is 5.55. The minimum absolute atomic E-state index is 0.00245. The number of nitrogens with one attached hydrogen (secondary N) is 1. The lowest BCUT2D eigenvalue weighted by Crippen LogP contribution is -2.14. The van der Waals surface area contributed by atoms with E-state index in [2.05, 4.69) is 19.6 Å². The maximum atomic E-state index is 12.4. The van der Waals surface area contributed by atoms with Crippen molar-refractivity contribution >= 4 is 16.8 Å². The number of benzene rings is 1. The maximum absolute atomic E-state index is 12.4. The largest absolute Gasteiger partial charge is 0.508 e. The number of primary amides is 1. The van der Waals surface area contributed by atoms with Gasteiger partial charge in [-0.2, -0.15) is 18.2 Å². The van der Waals surface area contributed by atoms with Crippen LogP contribution < -0.4 is 5.73 Å². The number of aromatic amines is 1. The van der Waals surface area contributed by atoms with Gasteiger partial charge in [-0.1, -0.05) is 5.16 Å². The Balaban J connectivity index is 1.92. The third-order valence-electron chi connectivity index (χ3n) is 3.45. The molecule has 0 saturated heterocycles. The van der Waals surface area contributed by atoms with Gasteiger partial charge in [0, 0.05) is 17.3 Å². The Bertz CT molecular complexity index is 914. The highest BCUT2D eigenvalue weighted by molar-refractivity contribution is 6.00. The van der Waals surface area contributed by atoms with Crippen LogP contribution in [0.5, 0.6) is 5.75 Å². The molecule has 0 bridgehead atoms. The highest BCUT2D eigenvalue weighted by Gasteiger charge is 2.38. The number of fused-ring (bicyclic) bond motifs is 1. The van der Waals surface area contributed by atoms with Crippen molar-refractivity contribution in [2.45, 2.75) is 19.0 Å². The van der Waals surface area contributed by atoms with Crippen LogP contribution in [-0.4, -0.2) is 26.1 Å². The van der Waals surface area contributed by atoms with Crippen LogP contribution >= 0.6 is 0 Å². The summed E-state index contributed by atoms with van der Waals surface area (Å²) in [7, 11) is 0. The quantitative estimate of drug-likeness (QED) is 0.672. The number of rotatable bonds is 4. The summed E-state index contributed by atoms with van der Waals surface area (Å²) >= 11 is 0. The molecule has 0 saturated carbocycles. The summed E-state index contributed by atoms with van der Waals surface area (Å²) in [5.74, 6) is -2.31. The first kappa shape index (κ1) is 15.8. The Kier molecular flexibility index (Phi) is 3.66. The van der Waals surface area contributed by atoms with Crippen LogP contribution in [0.1, 0.15) is 27.8 Å². The Morgan fingerprint density at radius 2 is 2.08 bits per heavy atom. The van der Waals surface area contributed by atoms with Gasteiger partial charge < -0.3 is 20.3 Å². The zero-order valence-electron chi connectivity index (χ0n) is 12.0. The van der Waals surface area contributed by atoms with Gasteiger partial charge >= 0.3 is 12.1 Å². The van der Waals surface area contributed by atoms with Crippen molar-refractivity contribution in [3.8, 4) is 5.75 Å². The van der Waals surface area contributed by atoms with Gasteiger partial charge in [0.1, 0.15) is 11.4 Å². The molecular weight excluding hydrogens is 329 g/mol. The molecule has 0 aliphatic rings. The Hall–Kier alpha value is -3.04. The lowest BCUT2D eigenvalue weighted by molar-refractivity contribution is -0.159. The van der Waals surface area contributed by atoms with E-state index in [4.69, 9.17) is 5.73 Å². The van der Waals surface area contributed by atoms with Crippen molar-refractivity contribution in [3.05, 3.63) is 41.2 Å². The zero-order valence-corrected chi connectivity index (χ0v) is 12.0. The summed E-state index contributed by atoms with van der Waals surface area (Å²) in [6.07, 6.45) is -4.57. The van der Waals surface area contributed by atoms with E-state index in [1.807, 2.05) is 0 Å². The predicted molar refractivity (Wildman–Crippen MR) is 75.2 cm³/mol. The molecule has 1 amide bonds. The molecule has 1 aromatic carbocycles. The Morgan fingerprint density at radius 1 is 1.33 bits per heavy atom. The lowest BCUT2D eigenvalue weighted by atomic mass is 10.0. The number of halogens is 3. The average molecular weight is 340 g/mol. The van der Waals surface area contributed by atoms with Crippen LogP contribution in [0.15, 0.2) is 22.7 Å². The standard InChI is InChI=1S/C14H11F3N4O3/c15-14(16,17)13-20-10(21-24-13)4-2-7-8-5-6(22)1-3-9(8)19-11(7)12(18)23/h1,3,5,19,22H,2,4H2,(H2,18,23).